The summed E-state index contributed by atoms with van der Waals surface area (Å²) in [6, 6.07) is 0.319. The minimum atomic E-state index is 0.102. The smallest absolute Gasteiger partial charge is 0.223 e. The summed E-state index contributed by atoms with van der Waals surface area (Å²) in [5, 5.41) is 6.62. The molecule has 0 fully saturated rings. The van der Waals surface area contributed by atoms with Gasteiger partial charge in [-0.15, -0.1) is 0 Å². The fourth-order valence-corrected chi connectivity index (χ4v) is 1.16. The summed E-state index contributed by atoms with van der Waals surface area (Å²) in [5.74, 6) is 0.102. The molecule has 0 radical (unpaired) electrons. The van der Waals surface area contributed by atoms with Crippen molar-refractivity contribution in [2.24, 2.45) is 0 Å². The van der Waals surface area contributed by atoms with E-state index in [0.29, 0.717) is 24.1 Å². The van der Waals surface area contributed by atoms with E-state index < -0.39 is 0 Å². The Balaban J connectivity index is 3.54. The van der Waals surface area contributed by atoms with Crippen molar-refractivity contribution in [3.8, 4) is 0 Å². The zero-order valence-electron chi connectivity index (χ0n) is 9.26. The highest BCUT2D eigenvalue weighted by Gasteiger charge is 2.03. The Morgan fingerprint density at radius 3 is 2.43 bits per heavy atom. The number of hydrogen-bond donors (Lipinski definition) is 2. The molecule has 0 heterocycles. The summed E-state index contributed by atoms with van der Waals surface area (Å²) in [6.07, 6.45) is 0.465. The SMILES string of the molecule is CC(C)NC(=S)NCCC(=O)N(C)C. The van der Waals surface area contributed by atoms with E-state index in [1.165, 1.54) is 0 Å². The van der Waals surface area contributed by atoms with Gasteiger partial charge in [0.1, 0.15) is 0 Å². The number of carbonyl (C=O) groups excluding carboxylic acids is 1. The summed E-state index contributed by atoms with van der Waals surface area (Å²) in [7, 11) is 3.49. The van der Waals surface area contributed by atoms with Gasteiger partial charge < -0.3 is 15.5 Å². The molecule has 4 nitrogen and oxygen atoms in total. The van der Waals surface area contributed by atoms with E-state index in [1.807, 2.05) is 13.8 Å². The molecule has 0 spiro atoms. The highest BCUT2D eigenvalue weighted by Crippen LogP contribution is 1.85. The van der Waals surface area contributed by atoms with Crippen LogP contribution in [0, 0.1) is 0 Å². The molecule has 1 amide bonds. The molecule has 0 saturated heterocycles. The van der Waals surface area contributed by atoms with Crippen LogP contribution in [0.5, 0.6) is 0 Å². The first-order valence-electron chi connectivity index (χ1n) is 4.68. The highest BCUT2D eigenvalue weighted by molar-refractivity contribution is 7.80. The molecule has 0 unspecified atom stereocenters. The molecule has 0 aliphatic rings. The summed E-state index contributed by atoms with van der Waals surface area (Å²) in [5.41, 5.74) is 0. The fourth-order valence-electron chi connectivity index (χ4n) is 0.820. The lowest BCUT2D eigenvalue weighted by Crippen LogP contribution is -2.40. The first kappa shape index (κ1) is 13.2. The van der Waals surface area contributed by atoms with E-state index in [-0.39, 0.29) is 5.91 Å². The number of nitrogens with zero attached hydrogens (tertiary/aromatic N) is 1. The highest BCUT2D eigenvalue weighted by atomic mass is 32.1. The third-order valence-corrected chi connectivity index (χ3v) is 1.81. The van der Waals surface area contributed by atoms with Gasteiger partial charge in [0.15, 0.2) is 5.11 Å². The maximum atomic E-state index is 11.2. The van der Waals surface area contributed by atoms with Gasteiger partial charge in [-0.05, 0) is 26.1 Å². The van der Waals surface area contributed by atoms with Gasteiger partial charge in [0.2, 0.25) is 5.91 Å². The van der Waals surface area contributed by atoms with Gasteiger partial charge in [0.25, 0.3) is 0 Å². The van der Waals surface area contributed by atoms with Crippen LogP contribution in [0.15, 0.2) is 0 Å². The maximum Gasteiger partial charge on any atom is 0.223 e. The molecular weight excluding hydrogens is 198 g/mol. The number of hydrogen-bond acceptors (Lipinski definition) is 2. The van der Waals surface area contributed by atoms with Crippen molar-refractivity contribution in [2.45, 2.75) is 26.3 Å². The van der Waals surface area contributed by atoms with Crippen LogP contribution in [-0.2, 0) is 4.79 Å². The molecule has 0 aromatic rings. The molecule has 2 N–H and O–H groups in total. The van der Waals surface area contributed by atoms with E-state index >= 15 is 0 Å². The summed E-state index contributed by atoms with van der Waals surface area (Å²) >= 11 is 5.00. The Labute approximate surface area is 91.0 Å². The van der Waals surface area contributed by atoms with Gasteiger partial charge in [-0.2, -0.15) is 0 Å². The molecule has 0 rings (SSSR count). The predicted octanol–water partition coefficient (Wildman–Crippen LogP) is 0.337. The molecule has 0 bridgehead atoms. The minimum Gasteiger partial charge on any atom is -0.362 e. The summed E-state index contributed by atoms with van der Waals surface area (Å²) in [4.78, 5) is 12.7. The van der Waals surface area contributed by atoms with Crippen molar-refractivity contribution < 1.29 is 4.79 Å². The maximum absolute atomic E-state index is 11.2. The minimum absolute atomic E-state index is 0.102. The molecule has 0 aliphatic carbocycles. The Morgan fingerprint density at radius 1 is 1.43 bits per heavy atom. The second-order valence-electron chi connectivity index (χ2n) is 3.59. The van der Waals surface area contributed by atoms with E-state index in [9.17, 15) is 4.79 Å². The molecule has 14 heavy (non-hydrogen) atoms. The number of nitrogens with one attached hydrogen (secondary N) is 2. The van der Waals surface area contributed by atoms with Gasteiger partial charge in [-0.3, -0.25) is 4.79 Å². The van der Waals surface area contributed by atoms with E-state index in [1.54, 1.807) is 19.0 Å². The van der Waals surface area contributed by atoms with Crippen LogP contribution < -0.4 is 10.6 Å². The second-order valence-corrected chi connectivity index (χ2v) is 4.00. The first-order valence-corrected chi connectivity index (χ1v) is 5.09. The van der Waals surface area contributed by atoms with Crippen LogP contribution in [0.25, 0.3) is 0 Å². The Bertz CT molecular complexity index is 204. The second kappa shape index (κ2) is 6.59. The molecular formula is C9H19N3OS. The summed E-state index contributed by atoms with van der Waals surface area (Å²) in [6.45, 7) is 4.60. The van der Waals surface area contributed by atoms with E-state index in [4.69, 9.17) is 12.2 Å². The third-order valence-electron chi connectivity index (χ3n) is 1.54. The molecule has 0 saturated carbocycles. The number of amides is 1. The van der Waals surface area contributed by atoms with E-state index in [2.05, 4.69) is 10.6 Å². The van der Waals surface area contributed by atoms with Crippen LogP contribution in [0.4, 0.5) is 0 Å². The average molecular weight is 217 g/mol. The van der Waals surface area contributed by atoms with Crippen molar-refractivity contribution in [3.63, 3.8) is 0 Å². The lowest BCUT2D eigenvalue weighted by atomic mass is 10.4. The molecule has 0 aromatic heterocycles. The van der Waals surface area contributed by atoms with E-state index in [0.717, 1.165) is 0 Å². The van der Waals surface area contributed by atoms with Crippen molar-refractivity contribution in [2.75, 3.05) is 20.6 Å². The predicted molar refractivity (Wildman–Crippen MR) is 62.2 cm³/mol. The zero-order valence-corrected chi connectivity index (χ0v) is 10.1. The molecule has 5 heteroatoms. The van der Waals surface area contributed by atoms with Crippen LogP contribution >= 0.6 is 12.2 Å². The van der Waals surface area contributed by atoms with Crippen molar-refractivity contribution >= 4 is 23.2 Å². The third kappa shape index (κ3) is 6.65. The average Bonchev–Trinajstić information content (AvgIpc) is 2.02. The van der Waals surface area contributed by atoms with Crippen LogP contribution in [0.3, 0.4) is 0 Å². The first-order chi connectivity index (χ1) is 6.43. The number of rotatable bonds is 4. The zero-order chi connectivity index (χ0) is 11.1. The largest absolute Gasteiger partial charge is 0.362 e. The van der Waals surface area contributed by atoms with Crippen molar-refractivity contribution in [1.82, 2.24) is 15.5 Å². The Hall–Kier alpha value is -0.840. The number of thiocarbonyl (C=S) groups is 1. The molecule has 0 atom stereocenters. The molecule has 0 aliphatic heterocycles. The standard InChI is InChI=1S/C9H19N3OS/c1-7(2)11-9(14)10-6-5-8(13)12(3)4/h7H,5-6H2,1-4H3,(H2,10,11,14). The molecule has 82 valence electrons. The van der Waals surface area contributed by atoms with Crippen molar-refractivity contribution in [1.29, 1.82) is 0 Å². The van der Waals surface area contributed by atoms with Crippen LogP contribution in [0.2, 0.25) is 0 Å². The summed E-state index contributed by atoms with van der Waals surface area (Å²) < 4.78 is 0. The fraction of sp³-hybridized carbons (Fsp3) is 0.778. The van der Waals surface area contributed by atoms with Crippen LogP contribution in [0.1, 0.15) is 20.3 Å². The normalized spacial score (nSPS) is 9.79. The quantitative estimate of drug-likeness (QED) is 0.666. The Morgan fingerprint density at radius 2 is 2.00 bits per heavy atom. The topological polar surface area (TPSA) is 44.4 Å². The lowest BCUT2D eigenvalue weighted by Gasteiger charge is -2.14. The Kier molecular flexibility index (Phi) is 6.19. The van der Waals surface area contributed by atoms with Crippen LogP contribution in [-0.4, -0.2) is 42.6 Å². The van der Waals surface area contributed by atoms with Gasteiger partial charge in [0.05, 0.1) is 0 Å². The van der Waals surface area contributed by atoms with Crippen molar-refractivity contribution in [3.05, 3.63) is 0 Å². The lowest BCUT2D eigenvalue weighted by molar-refractivity contribution is -0.128. The van der Waals surface area contributed by atoms with Gasteiger partial charge >= 0.3 is 0 Å². The van der Waals surface area contributed by atoms with Gasteiger partial charge in [-0.1, -0.05) is 0 Å². The molecule has 0 aromatic carbocycles. The van der Waals surface area contributed by atoms with Gasteiger partial charge in [-0.25, -0.2) is 0 Å². The van der Waals surface area contributed by atoms with Gasteiger partial charge in [0, 0.05) is 33.1 Å². The monoisotopic (exact) mass is 217 g/mol. The number of carbonyl (C=O) groups is 1.